The minimum absolute atomic E-state index is 0.162. The monoisotopic (exact) mass is 758 g/mol. The number of hydrogen-bond donors (Lipinski definition) is 0. The highest BCUT2D eigenvalue weighted by Crippen LogP contribution is 2.26. The smallest absolute Gasteiger partial charge is 0.343 e. The third kappa shape index (κ3) is 12.0. The van der Waals surface area contributed by atoms with E-state index in [4.69, 9.17) is 28.4 Å². The molecule has 0 N–H and O–H groups in total. The fourth-order valence-corrected chi connectivity index (χ4v) is 5.31. The highest BCUT2D eigenvalue weighted by atomic mass is 16.6. The van der Waals surface area contributed by atoms with Gasteiger partial charge in [-0.15, -0.1) is 0 Å². The van der Waals surface area contributed by atoms with Gasteiger partial charge >= 0.3 is 35.8 Å². The van der Waals surface area contributed by atoms with Crippen LogP contribution >= 0.6 is 0 Å². The first-order chi connectivity index (χ1) is 27.1. The van der Waals surface area contributed by atoms with Crippen molar-refractivity contribution >= 4 is 57.4 Å². The molecule has 0 radical (unpaired) electrons. The fraction of sp³-hybridized carbons (Fsp3) is 0.182. The van der Waals surface area contributed by atoms with E-state index in [1.165, 1.54) is 24.3 Å². The summed E-state index contributed by atoms with van der Waals surface area (Å²) in [4.78, 5) is 72.5. The third-order valence-electron chi connectivity index (χ3n) is 8.18. The lowest BCUT2D eigenvalue weighted by Gasteiger charge is -2.09. The Morgan fingerprint density at radius 2 is 0.786 bits per heavy atom. The van der Waals surface area contributed by atoms with Gasteiger partial charge in [-0.25, -0.2) is 19.2 Å². The van der Waals surface area contributed by atoms with Crippen LogP contribution in [0.1, 0.15) is 59.2 Å². The van der Waals surface area contributed by atoms with Gasteiger partial charge in [0.25, 0.3) is 0 Å². The molecule has 0 unspecified atom stereocenters. The van der Waals surface area contributed by atoms with Crippen LogP contribution < -0.4 is 18.9 Å². The van der Waals surface area contributed by atoms with Crippen LogP contribution in [-0.4, -0.2) is 49.0 Å². The van der Waals surface area contributed by atoms with Gasteiger partial charge in [0.05, 0.1) is 24.3 Å². The number of rotatable bonds is 18. The Morgan fingerprint density at radius 3 is 1.18 bits per heavy atom. The van der Waals surface area contributed by atoms with Crippen LogP contribution in [0.3, 0.4) is 0 Å². The summed E-state index contributed by atoms with van der Waals surface area (Å²) in [6.07, 6.45) is 4.52. The van der Waals surface area contributed by atoms with E-state index in [0.717, 1.165) is 33.7 Å². The molecule has 5 aromatic carbocycles. The Balaban J connectivity index is 1.08. The molecule has 0 aliphatic carbocycles. The van der Waals surface area contributed by atoms with Crippen molar-refractivity contribution in [3.8, 4) is 23.0 Å². The van der Waals surface area contributed by atoms with E-state index in [-0.39, 0.29) is 37.6 Å². The van der Waals surface area contributed by atoms with Crippen molar-refractivity contribution < 1.29 is 57.2 Å². The Morgan fingerprint density at radius 1 is 0.429 bits per heavy atom. The lowest BCUT2D eigenvalue weighted by atomic mass is 10.1. The van der Waals surface area contributed by atoms with Crippen molar-refractivity contribution in [1.29, 1.82) is 0 Å². The topological polar surface area (TPSA) is 158 Å². The van der Waals surface area contributed by atoms with Crippen LogP contribution in [0.5, 0.6) is 23.0 Å². The maximum atomic E-state index is 12.9. The maximum Gasteiger partial charge on any atom is 0.343 e. The molecule has 0 bridgehead atoms. The Bertz CT molecular complexity index is 2110. The van der Waals surface area contributed by atoms with Crippen molar-refractivity contribution in [2.45, 2.75) is 38.5 Å². The van der Waals surface area contributed by atoms with Gasteiger partial charge in [-0.1, -0.05) is 37.4 Å². The zero-order valence-corrected chi connectivity index (χ0v) is 30.4. The zero-order chi connectivity index (χ0) is 39.9. The van der Waals surface area contributed by atoms with Crippen LogP contribution in [0.2, 0.25) is 0 Å². The first-order valence-corrected chi connectivity index (χ1v) is 17.7. The predicted octanol–water partition coefficient (Wildman–Crippen LogP) is 8.04. The van der Waals surface area contributed by atoms with Gasteiger partial charge in [-0.05, 0) is 120 Å². The van der Waals surface area contributed by atoms with Crippen molar-refractivity contribution in [3.63, 3.8) is 0 Å². The molecule has 12 nitrogen and oxygen atoms in total. The van der Waals surface area contributed by atoms with E-state index in [1.807, 2.05) is 0 Å². The first-order valence-electron chi connectivity index (χ1n) is 17.7. The largest absolute Gasteiger partial charge is 0.463 e. The standard InChI is InChI=1S/C44H38O12/c1-3-39(45)51-23-7-5-9-41(47)53-37-17-15-29-25-33(13-11-31(29)27-37)43(49)55-35-19-21-36(22-20-35)56-44(50)34-14-12-32-28-38(18-16-30(32)26-34)54-42(48)10-6-8-24-52-40(46)4-2/h3-4,11-22,25-28H,1-2,5-10,23-24H2. The molecular weight excluding hydrogens is 720 g/mol. The van der Waals surface area contributed by atoms with E-state index in [9.17, 15) is 28.8 Å². The van der Waals surface area contributed by atoms with Crippen LogP contribution in [0.25, 0.3) is 21.5 Å². The van der Waals surface area contributed by atoms with Gasteiger partial charge < -0.3 is 28.4 Å². The first kappa shape index (κ1) is 40.1. The highest BCUT2D eigenvalue weighted by molar-refractivity contribution is 5.98. The van der Waals surface area contributed by atoms with E-state index in [2.05, 4.69) is 13.2 Å². The van der Waals surface area contributed by atoms with Gasteiger partial charge in [0, 0.05) is 25.0 Å². The van der Waals surface area contributed by atoms with Crippen molar-refractivity contribution in [2.24, 2.45) is 0 Å². The molecule has 286 valence electrons. The molecule has 5 rings (SSSR count). The average Bonchev–Trinajstić information content (AvgIpc) is 3.20. The van der Waals surface area contributed by atoms with E-state index >= 15 is 0 Å². The minimum atomic E-state index is -0.594. The number of esters is 6. The maximum absolute atomic E-state index is 12.9. The summed E-state index contributed by atoms with van der Waals surface area (Å²) in [6, 6.07) is 26.1. The minimum Gasteiger partial charge on any atom is -0.463 e. The van der Waals surface area contributed by atoms with Gasteiger partial charge in [0.15, 0.2) is 0 Å². The molecule has 0 aliphatic heterocycles. The zero-order valence-electron chi connectivity index (χ0n) is 30.4. The highest BCUT2D eigenvalue weighted by Gasteiger charge is 2.14. The summed E-state index contributed by atoms with van der Waals surface area (Å²) < 4.78 is 31.7. The Kier molecular flexibility index (Phi) is 14.2. The van der Waals surface area contributed by atoms with Crippen LogP contribution in [0, 0.1) is 0 Å². The molecule has 0 heterocycles. The van der Waals surface area contributed by atoms with Crippen LogP contribution in [-0.2, 0) is 28.7 Å². The second-order valence-electron chi connectivity index (χ2n) is 12.3. The van der Waals surface area contributed by atoms with Gasteiger partial charge in [-0.2, -0.15) is 0 Å². The third-order valence-corrected chi connectivity index (χ3v) is 8.18. The summed E-state index contributed by atoms with van der Waals surface area (Å²) >= 11 is 0. The molecule has 0 atom stereocenters. The van der Waals surface area contributed by atoms with Crippen molar-refractivity contribution in [2.75, 3.05) is 13.2 Å². The number of carbonyl (C=O) groups excluding carboxylic acids is 6. The lowest BCUT2D eigenvalue weighted by Crippen LogP contribution is -2.10. The Labute approximate surface area is 322 Å². The molecule has 56 heavy (non-hydrogen) atoms. The average molecular weight is 759 g/mol. The summed E-state index contributed by atoms with van der Waals surface area (Å²) in [7, 11) is 0. The normalized spacial score (nSPS) is 10.6. The number of unbranched alkanes of at least 4 members (excludes halogenated alkanes) is 2. The van der Waals surface area contributed by atoms with Crippen LogP contribution in [0.15, 0.2) is 122 Å². The second-order valence-corrected chi connectivity index (χ2v) is 12.3. The van der Waals surface area contributed by atoms with Crippen molar-refractivity contribution in [3.05, 3.63) is 133 Å². The SMILES string of the molecule is C=CC(=O)OCCCCC(=O)Oc1ccc2cc(C(=O)Oc3ccc(OC(=O)c4ccc5cc(OC(=O)CCCCOC(=O)C=C)ccc5c4)cc3)ccc2c1. The number of ether oxygens (including phenoxy) is 6. The van der Waals surface area contributed by atoms with Crippen LogP contribution in [0.4, 0.5) is 0 Å². The molecule has 12 heteroatoms. The molecule has 0 spiro atoms. The quantitative estimate of drug-likeness (QED) is 0.0367. The van der Waals surface area contributed by atoms with E-state index in [0.29, 0.717) is 48.3 Å². The molecule has 5 aromatic rings. The van der Waals surface area contributed by atoms with Crippen molar-refractivity contribution in [1.82, 2.24) is 0 Å². The molecule has 0 fully saturated rings. The van der Waals surface area contributed by atoms with Gasteiger partial charge in [0.1, 0.15) is 23.0 Å². The molecule has 0 saturated carbocycles. The van der Waals surface area contributed by atoms with E-state index in [1.54, 1.807) is 72.8 Å². The summed E-state index contributed by atoms with van der Waals surface area (Å²) in [5, 5.41) is 2.97. The molecule has 0 aliphatic rings. The molecule has 0 aromatic heterocycles. The second kappa shape index (κ2) is 19.8. The number of benzene rings is 5. The fourth-order valence-electron chi connectivity index (χ4n) is 5.31. The summed E-state index contributed by atoms with van der Waals surface area (Å²) in [5.74, 6) is -1.82. The predicted molar refractivity (Wildman–Crippen MR) is 206 cm³/mol. The molecule has 0 amide bonds. The summed E-state index contributed by atoms with van der Waals surface area (Å²) in [6.45, 7) is 7.05. The molecular formula is C44H38O12. The lowest BCUT2D eigenvalue weighted by molar-refractivity contribution is -0.139. The van der Waals surface area contributed by atoms with Gasteiger partial charge in [-0.3, -0.25) is 9.59 Å². The number of fused-ring (bicyclic) bond motifs is 2. The van der Waals surface area contributed by atoms with Gasteiger partial charge in [0.2, 0.25) is 0 Å². The number of carbonyl (C=O) groups is 6. The summed E-state index contributed by atoms with van der Waals surface area (Å²) in [5.41, 5.74) is 0.606. The molecule has 0 saturated heterocycles. The number of hydrogen-bond acceptors (Lipinski definition) is 12. The Hall–Kier alpha value is -7.08. The van der Waals surface area contributed by atoms with E-state index < -0.39 is 35.8 Å².